The molecular formula is C19H18F4N4O3. The number of hydrogen-bond acceptors (Lipinski definition) is 4. The van der Waals surface area contributed by atoms with Crippen molar-refractivity contribution in [2.45, 2.75) is 19.3 Å². The maximum atomic E-state index is 14.0. The number of morpholine rings is 1. The maximum Gasteiger partial charge on any atom is 0.449 e. The lowest BCUT2D eigenvalue weighted by molar-refractivity contribution is -0.147. The normalized spacial score (nSPS) is 17.1. The molecule has 2 amide bonds. The highest BCUT2D eigenvalue weighted by atomic mass is 19.4. The smallest absolute Gasteiger partial charge is 0.378 e. The summed E-state index contributed by atoms with van der Waals surface area (Å²) in [5.41, 5.74) is -0.521. The molecule has 0 bridgehead atoms. The van der Waals surface area contributed by atoms with Gasteiger partial charge in [-0.15, -0.1) is 0 Å². The Bertz CT molecular complexity index is 983. The third-order valence-electron chi connectivity index (χ3n) is 5.15. The molecule has 2 aliphatic heterocycles. The van der Waals surface area contributed by atoms with Gasteiger partial charge in [0.25, 0.3) is 11.8 Å². The molecule has 0 N–H and O–H groups in total. The molecule has 0 saturated carbocycles. The standard InChI is InChI=1S/C19H18F4N4O3/c20-13-4-2-1-3-12(13)16(28)26-5-6-27-14(11-26)15(24-18(27)19(21,22)23)17(29)25-7-9-30-10-8-25/h1-4H,5-11H2. The van der Waals surface area contributed by atoms with Gasteiger partial charge in [0.15, 0.2) is 5.69 Å². The van der Waals surface area contributed by atoms with Crippen LogP contribution in [0.15, 0.2) is 24.3 Å². The van der Waals surface area contributed by atoms with Crippen molar-refractivity contribution in [3.8, 4) is 0 Å². The fourth-order valence-electron chi connectivity index (χ4n) is 3.65. The van der Waals surface area contributed by atoms with E-state index in [4.69, 9.17) is 4.74 Å². The summed E-state index contributed by atoms with van der Waals surface area (Å²) >= 11 is 0. The van der Waals surface area contributed by atoms with E-state index in [0.717, 1.165) is 10.6 Å². The van der Waals surface area contributed by atoms with Crippen LogP contribution in [0.3, 0.4) is 0 Å². The lowest BCUT2D eigenvalue weighted by Crippen LogP contribution is -2.43. The van der Waals surface area contributed by atoms with Gasteiger partial charge in [-0.05, 0) is 12.1 Å². The first-order valence-electron chi connectivity index (χ1n) is 9.35. The molecule has 0 aliphatic carbocycles. The Morgan fingerprint density at radius 3 is 2.33 bits per heavy atom. The number of carbonyl (C=O) groups excluding carboxylic acids is 2. The summed E-state index contributed by atoms with van der Waals surface area (Å²) in [6, 6.07) is 5.38. The highest BCUT2D eigenvalue weighted by molar-refractivity contribution is 5.96. The SMILES string of the molecule is O=C(c1ccccc1F)N1CCn2c(C(F)(F)F)nc(C(=O)N3CCOCC3)c2C1. The highest BCUT2D eigenvalue weighted by Gasteiger charge is 2.42. The minimum absolute atomic E-state index is 0.00486. The number of ether oxygens (including phenoxy) is 1. The number of benzene rings is 1. The van der Waals surface area contributed by atoms with Crippen molar-refractivity contribution < 1.29 is 31.9 Å². The summed E-state index contributed by atoms with van der Waals surface area (Å²) in [6.07, 6.45) is -4.75. The third-order valence-corrected chi connectivity index (χ3v) is 5.15. The molecule has 1 aromatic carbocycles. The van der Waals surface area contributed by atoms with Gasteiger partial charge in [-0.3, -0.25) is 9.59 Å². The van der Waals surface area contributed by atoms with Gasteiger partial charge in [-0.2, -0.15) is 13.2 Å². The van der Waals surface area contributed by atoms with Crippen molar-refractivity contribution in [3.05, 3.63) is 52.9 Å². The lowest BCUT2D eigenvalue weighted by atomic mass is 10.1. The van der Waals surface area contributed by atoms with Crippen LogP contribution < -0.4 is 0 Å². The van der Waals surface area contributed by atoms with Crippen LogP contribution in [-0.2, 0) is 24.0 Å². The molecule has 2 aromatic rings. The number of halogens is 4. The molecular weight excluding hydrogens is 408 g/mol. The minimum atomic E-state index is -4.75. The van der Waals surface area contributed by atoms with Crippen molar-refractivity contribution in [3.63, 3.8) is 0 Å². The van der Waals surface area contributed by atoms with E-state index < -0.39 is 29.6 Å². The van der Waals surface area contributed by atoms with Crippen LogP contribution in [0.1, 0.15) is 32.4 Å². The number of alkyl halides is 3. The molecule has 1 saturated heterocycles. The summed E-state index contributed by atoms with van der Waals surface area (Å²) in [5, 5.41) is 0. The summed E-state index contributed by atoms with van der Waals surface area (Å²) in [5.74, 6) is -3.19. The van der Waals surface area contributed by atoms with E-state index in [1.807, 2.05) is 0 Å². The molecule has 0 radical (unpaired) electrons. The van der Waals surface area contributed by atoms with Crippen molar-refractivity contribution in [1.29, 1.82) is 0 Å². The van der Waals surface area contributed by atoms with Gasteiger partial charge in [-0.25, -0.2) is 9.37 Å². The number of nitrogens with zero attached hydrogens (tertiary/aromatic N) is 4. The second-order valence-corrected chi connectivity index (χ2v) is 6.99. The Balaban J connectivity index is 1.69. The number of hydrogen-bond donors (Lipinski definition) is 0. The molecule has 0 atom stereocenters. The largest absolute Gasteiger partial charge is 0.449 e. The Morgan fingerprint density at radius 2 is 1.67 bits per heavy atom. The second kappa shape index (κ2) is 7.71. The zero-order valence-corrected chi connectivity index (χ0v) is 15.8. The number of aromatic nitrogens is 2. The molecule has 1 aromatic heterocycles. The number of fused-ring (bicyclic) bond motifs is 1. The predicted molar refractivity (Wildman–Crippen MR) is 95.1 cm³/mol. The predicted octanol–water partition coefficient (Wildman–Crippen LogP) is 2.17. The average molecular weight is 426 g/mol. The first-order valence-corrected chi connectivity index (χ1v) is 9.35. The van der Waals surface area contributed by atoms with Gasteiger partial charge < -0.3 is 19.1 Å². The van der Waals surface area contributed by atoms with Gasteiger partial charge >= 0.3 is 6.18 Å². The Morgan fingerprint density at radius 1 is 0.967 bits per heavy atom. The number of carbonyl (C=O) groups is 2. The van der Waals surface area contributed by atoms with E-state index in [9.17, 15) is 27.2 Å². The second-order valence-electron chi connectivity index (χ2n) is 6.99. The van der Waals surface area contributed by atoms with E-state index in [0.29, 0.717) is 0 Å². The fraction of sp³-hybridized carbons (Fsp3) is 0.421. The van der Waals surface area contributed by atoms with Crippen molar-refractivity contribution >= 4 is 11.8 Å². The fourth-order valence-corrected chi connectivity index (χ4v) is 3.65. The molecule has 3 heterocycles. The molecule has 160 valence electrons. The Labute approximate surface area is 168 Å². The van der Waals surface area contributed by atoms with Gasteiger partial charge in [0, 0.05) is 26.2 Å². The lowest BCUT2D eigenvalue weighted by Gasteiger charge is -2.31. The molecule has 1 fully saturated rings. The molecule has 4 rings (SSSR count). The zero-order valence-electron chi connectivity index (χ0n) is 15.8. The van der Waals surface area contributed by atoms with Crippen molar-refractivity contribution in [2.75, 3.05) is 32.8 Å². The van der Waals surface area contributed by atoms with Crippen LogP contribution in [0.2, 0.25) is 0 Å². The maximum absolute atomic E-state index is 14.0. The molecule has 30 heavy (non-hydrogen) atoms. The van der Waals surface area contributed by atoms with Crippen LogP contribution in [0, 0.1) is 5.82 Å². The average Bonchev–Trinajstić information content (AvgIpc) is 3.13. The number of rotatable bonds is 2. The van der Waals surface area contributed by atoms with Crippen LogP contribution in [0.25, 0.3) is 0 Å². The van der Waals surface area contributed by atoms with E-state index in [1.54, 1.807) is 0 Å². The van der Waals surface area contributed by atoms with E-state index in [-0.39, 0.29) is 62.9 Å². The van der Waals surface area contributed by atoms with E-state index >= 15 is 0 Å². The molecule has 2 aliphatic rings. The van der Waals surface area contributed by atoms with E-state index in [2.05, 4.69) is 4.98 Å². The van der Waals surface area contributed by atoms with Crippen molar-refractivity contribution in [1.82, 2.24) is 19.4 Å². The van der Waals surface area contributed by atoms with Crippen LogP contribution in [-0.4, -0.2) is 64.0 Å². The summed E-state index contributed by atoms with van der Waals surface area (Å²) in [7, 11) is 0. The summed E-state index contributed by atoms with van der Waals surface area (Å²) in [4.78, 5) is 31.8. The van der Waals surface area contributed by atoms with E-state index in [1.165, 1.54) is 28.0 Å². The quantitative estimate of drug-likeness (QED) is 0.691. The van der Waals surface area contributed by atoms with Crippen molar-refractivity contribution in [2.24, 2.45) is 0 Å². The summed E-state index contributed by atoms with van der Waals surface area (Å²) in [6.45, 7) is 0.506. The first-order chi connectivity index (χ1) is 14.3. The number of imidazole rings is 1. The minimum Gasteiger partial charge on any atom is -0.378 e. The van der Waals surface area contributed by atoms with Gasteiger partial charge in [0.05, 0.1) is 31.0 Å². The molecule has 7 nitrogen and oxygen atoms in total. The number of amides is 2. The van der Waals surface area contributed by atoms with Crippen LogP contribution >= 0.6 is 0 Å². The van der Waals surface area contributed by atoms with Gasteiger partial charge in [0.2, 0.25) is 5.82 Å². The monoisotopic (exact) mass is 426 g/mol. The Kier molecular flexibility index (Phi) is 5.22. The third kappa shape index (κ3) is 3.64. The highest BCUT2D eigenvalue weighted by Crippen LogP contribution is 2.33. The van der Waals surface area contributed by atoms with Crippen LogP contribution in [0.4, 0.5) is 17.6 Å². The topological polar surface area (TPSA) is 67.7 Å². The molecule has 0 spiro atoms. The van der Waals surface area contributed by atoms with Crippen LogP contribution in [0.5, 0.6) is 0 Å². The zero-order chi connectivity index (χ0) is 21.5. The van der Waals surface area contributed by atoms with Gasteiger partial charge in [0.1, 0.15) is 5.82 Å². The molecule has 0 unspecified atom stereocenters. The molecule has 11 heteroatoms. The van der Waals surface area contributed by atoms with Gasteiger partial charge in [-0.1, -0.05) is 12.1 Å². The first kappa shape index (κ1) is 20.3. The Hall–Kier alpha value is -2.95. The summed E-state index contributed by atoms with van der Waals surface area (Å²) < 4.78 is 60.7.